The lowest BCUT2D eigenvalue weighted by Gasteiger charge is -2.13. The number of nitrogens with zero attached hydrogens (tertiary/aromatic N) is 4. The van der Waals surface area contributed by atoms with E-state index in [0.717, 1.165) is 22.0 Å². The maximum absolute atomic E-state index is 6.17. The van der Waals surface area contributed by atoms with Crippen molar-refractivity contribution in [2.24, 2.45) is 0 Å². The van der Waals surface area contributed by atoms with Crippen molar-refractivity contribution in [2.75, 3.05) is 5.84 Å². The number of benzene rings is 1. The first-order chi connectivity index (χ1) is 11.3. The third kappa shape index (κ3) is 3.62. The fourth-order valence-corrected chi connectivity index (χ4v) is 3.89. The third-order valence-electron chi connectivity index (χ3n) is 3.52. The van der Waals surface area contributed by atoms with E-state index in [1.807, 2.05) is 24.3 Å². The Labute approximate surface area is 150 Å². The molecule has 2 heterocycles. The summed E-state index contributed by atoms with van der Waals surface area (Å²) in [5.74, 6) is 7.57. The molecule has 5 nitrogen and oxygen atoms in total. The summed E-state index contributed by atoms with van der Waals surface area (Å²) in [4.78, 5) is 4.70. The minimum absolute atomic E-state index is 0.0834. The lowest BCUT2D eigenvalue weighted by Crippen LogP contribution is -2.12. The molecular weight excluding hydrogens is 338 g/mol. The molecule has 0 spiro atoms. The van der Waals surface area contributed by atoms with Crippen molar-refractivity contribution >= 4 is 23.1 Å². The molecule has 3 rings (SSSR count). The molecule has 0 bridgehead atoms. The summed E-state index contributed by atoms with van der Waals surface area (Å²) < 4.78 is 1.55. The average molecular weight is 360 g/mol. The van der Waals surface area contributed by atoms with Crippen molar-refractivity contribution in [3.8, 4) is 11.4 Å². The number of thioether (sulfide) groups is 1. The van der Waals surface area contributed by atoms with Gasteiger partial charge in [0, 0.05) is 22.1 Å². The predicted molar refractivity (Wildman–Crippen MR) is 101 cm³/mol. The lowest BCUT2D eigenvalue weighted by atomic mass is 9.98. The summed E-state index contributed by atoms with van der Waals surface area (Å²) in [5.41, 5.74) is 3.30. The molecular formula is C17H21N5S2. The Kier molecular flexibility index (Phi) is 4.64. The topological polar surface area (TPSA) is 69.6 Å². The second kappa shape index (κ2) is 6.57. The zero-order valence-electron chi connectivity index (χ0n) is 14.3. The van der Waals surface area contributed by atoms with Gasteiger partial charge in [0.05, 0.1) is 10.7 Å². The first-order valence-corrected chi connectivity index (χ1v) is 9.56. The largest absolute Gasteiger partial charge is 0.335 e. The zero-order valence-corrected chi connectivity index (χ0v) is 15.9. The number of hydrogen-bond acceptors (Lipinski definition) is 6. The van der Waals surface area contributed by atoms with E-state index >= 15 is 0 Å². The number of hydrogen-bond donors (Lipinski definition) is 1. The van der Waals surface area contributed by atoms with Crippen LogP contribution in [0.2, 0.25) is 0 Å². The highest BCUT2D eigenvalue weighted by Gasteiger charge is 2.18. The van der Waals surface area contributed by atoms with Crippen LogP contribution in [0, 0.1) is 6.92 Å². The lowest BCUT2D eigenvalue weighted by molar-refractivity contribution is 0.584. The average Bonchev–Trinajstić information content (AvgIpc) is 3.13. The fourth-order valence-electron chi connectivity index (χ4n) is 2.13. The van der Waals surface area contributed by atoms with Crippen LogP contribution >= 0.6 is 23.1 Å². The Morgan fingerprint density at radius 2 is 1.88 bits per heavy atom. The molecule has 2 aromatic heterocycles. The van der Waals surface area contributed by atoms with Crippen LogP contribution in [0.25, 0.3) is 11.4 Å². The highest BCUT2D eigenvalue weighted by atomic mass is 32.2. The van der Waals surface area contributed by atoms with Gasteiger partial charge in [-0.2, -0.15) is 0 Å². The number of nitrogen functional groups attached to an aromatic ring is 1. The normalized spacial score (nSPS) is 11.8. The van der Waals surface area contributed by atoms with Crippen LogP contribution in [0.4, 0.5) is 0 Å². The van der Waals surface area contributed by atoms with Gasteiger partial charge in [0.2, 0.25) is 5.16 Å². The summed E-state index contributed by atoms with van der Waals surface area (Å²) in [6.07, 6.45) is 0. The molecule has 0 radical (unpaired) electrons. The molecule has 2 N–H and O–H groups in total. The standard InChI is InChI=1S/C17H21N5S2/c1-11-5-7-12(8-6-11)14-20-21-16(22(14)18)24-10-13-9-23-15(19-13)17(2,3)4/h5-9H,10,18H2,1-4H3. The molecule has 0 aliphatic rings. The number of aromatic nitrogens is 4. The van der Waals surface area contributed by atoms with Gasteiger partial charge in [-0.3, -0.25) is 0 Å². The van der Waals surface area contributed by atoms with E-state index in [-0.39, 0.29) is 5.41 Å². The molecule has 0 aliphatic heterocycles. The Morgan fingerprint density at radius 1 is 1.17 bits per heavy atom. The number of nitrogens with two attached hydrogens (primary N) is 1. The monoisotopic (exact) mass is 359 g/mol. The van der Waals surface area contributed by atoms with Crippen LogP contribution in [0.3, 0.4) is 0 Å². The molecule has 1 aromatic carbocycles. The van der Waals surface area contributed by atoms with Crippen molar-refractivity contribution in [1.82, 2.24) is 19.9 Å². The van der Waals surface area contributed by atoms with E-state index in [2.05, 4.69) is 43.3 Å². The zero-order chi connectivity index (χ0) is 17.3. The van der Waals surface area contributed by atoms with Crippen molar-refractivity contribution in [3.63, 3.8) is 0 Å². The first kappa shape index (κ1) is 17.0. The molecule has 0 atom stereocenters. The number of rotatable bonds is 4. The third-order valence-corrected chi connectivity index (χ3v) is 5.81. The SMILES string of the molecule is Cc1ccc(-c2nnc(SCc3csc(C(C)(C)C)n3)n2N)cc1. The van der Waals surface area contributed by atoms with Gasteiger partial charge in [0.1, 0.15) is 0 Å². The maximum atomic E-state index is 6.17. The van der Waals surface area contributed by atoms with Gasteiger partial charge in [0.25, 0.3) is 0 Å². The van der Waals surface area contributed by atoms with Crippen molar-refractivity contribution in [3.05, 3.63) is 45.9 Å². The van der Waals surface area contributed by atoms with Gasteiger partial charge in [0.15, 0.2) is 5.82 Å². The Balaban J connectivity index is 1.73. The van der Waals surface area contributed by atoms with E-state index in [9.17, 15) is 0 Å². The molecule has 0 fully saturated rings. The molecule has 0 saturated heterocycles. The van der Waals surface area contributed by atoms with Gasteiger partial charge in [-0.25, -0.2) is 9.66 Å². The van der Waals surface area contributed by atoms with E-state index in [1.54, 1.807) is 27.8 Å². The van der Waals surface area contributed by atoms with Crippen LogP contribution in [0.15, 0.2) is 34.8 Å². The van der Waals surface area contributed by atoms with Crippen molar-refractivity contribution in [1.29, 1.82) is 0 Å². The summed E-state index contributed by atoms with van der Waals surface area (Å²) in [6.45, 7) is 8.57. The fraction of sp³-hybridized carbons (Fsp3) is 0.353. The van der Waals surface area contributed by atoms with Crippen molar-refractivity contribution in [2.45, 2.75) is 44.0 Å². The molecule has 0 amide bonds. The quantitative estimate of drug-likeness (QED) is 0.563. The van der Waals surface area contributed by atoms with Crippen LogP contribution in [-0.2, 0) is 11.2 Å². The van der Waals surface area contributed by atoms with Gasteiger partial charge in [-0.1, -0.05) is 62.4 Å². The van der Waals surface area contributed by atoms with Gasteiger partial charge < -0.3 is 5.84 Å². The minimum atomic E-state index is 0.0834. The summed E-state index contributed by atoms with van der Waals surface area (Å²) >= 11 is 3.25. The number of thiazole rings is 1. The Bertz CT molecular complexity index is 828. The predicted octanol–water partition coefficient (Wildman–Crippen LogP) is 4.01. The van der Waals surface area contributed by atoms with Gasteiger partial charge in [-0.15, -0.1) is 21.5 Å². The molecule has 7 heteroatoms. The maximum Gasteiger partial charge on any atom is 0.210 e. The smallest absolute Gasteiger partial charge is 0.210 e. The van der Waals surface area contributed by atoms with Crippen LogP contribution in [0.5, 0.6) is 0 Å². The van der Waals surface area contributed by atoms with E-state index in [0.29, 0.717) is 11.0 Å². The molecule has 0 aliphatic carbocycles. The second-order valence-electron chi connectivity index (χ2n) is 6.72. The van der Waals surface area contributed by atoms with Crippen LogP contribution in [0.1, 0.15) is 37.0 Å². The molecule has 0 unspecified atom stereocenters. The first-order valence-electron chi connectivity index (χ1n) is 7.70. The van der Waals surface area contributed by atoms with Crippen molar-refractivity contribution < 1.29 is 0 Å². The summed E-state index contributed by atoms with van der Waals surface area (Å²) in [6, 6.07) is 8.10. The highest BCUT2D eigenvalue weighted by Crippen LogP contribution is 2.29. The van der Waals surface area contributed by atoms with Crippen LogP contribution < -0.4 is 5.84 Å². The number of aryl methyl sites for hydroxylation is 1. The van der Waals surface area contributed by atoms with Crippen LogP contribution in [-0.4, -0.2) is 19.9 Å². The summed E-state index contributed by atoms with van der Waals surface area (Å²) in [5, 5.41) is 12.4. The Hall–Kier alpha value is -1.86. The Morgan fingerprint density at radius 3 is 2.50 bits per heavy atom. The second-order valence-corrected chi connectivity index (χ2v) is 8.53. The highest BCUT2D eigenvalue weighted by molar-refractivity contribution is 7.98. The van der Waals surface area contributed by atoms with E-state index < -0.39 is 0 Å². The van der Waals surface area contributed by atoms with E-state index in [4.69, 9.17) is 10.8 Å². The minimum Gasteiger partial charge on any atom is -0.335 e. The summed E-state index contributed by atoms with van der Waals surface area (Å²) in [7, 11) is 0. The molecule has 0 saturated carbocycles. The molecule has 24 heavy (non-hydrogen) atoms. The molecule has 126 valence electrons. The van der Waals surface area contributed by atoms with Gasteiger partial charge in [-0.05, 0) is 6.92 Å². The van der Waals surface area contributed by atoms with E-state index in [1.165, 1.54) is 5.56 Å². The molecule has 3 aromatic rings. The van der Waals surface area contributed by atoms with Gasteiger partial charge >= 0.3 is 0 Å².